The fourth-order valence-electron chi connectivity index (χ4n) is 4.15. The molecular formula is C27H32BNO5. The number of aromatic nitrogens is 1. The first-order valence-electron chi connectivity index (χ1n) is 11.7. The van der Waals surface area contributed by atoms with E-state index in [4.69, 9.17) is 14.0 Å². The van der Waals surface area contributed by atoms with E-state index in [9.17, 15) is 9.59 Å². The third-order valence-electron chi connectivity index (χ3n) is 6.97. The van der Waals surface area contributed by atoms with Gasteiger partial charge in [-0.3, -0.25) is 14.2 Å². The molecule has 178 valence electrons. The van der Waals surface area contributed by atoms with Crippen LogP contribution >= 0.6 is 0 Å². The summed E-state index contributed by atoms with van der Waals surface area (Å²) >= 11 is 0. The van der Waals surface area contributed by atoms with Crippen molar-refractivity contribution < 1.29 is 18.8 Å². The average molecular weight is 461 g/mol. The molecule has 1 aromatic heterocycles. The molecule has 0 aliphatic carbocycles. The highest BCUT2D eigenvalue weighted by Crippen LogP contribution is 2.37. The number of carbonyl (C=O) groups excluding carboxylic acids is 1. The molecule has 1 saturated heterocycles. The first-order chi connectivity index (χ1) is 15.9. The first-order valence-corrected chi connectivity index (χ1v) is 11.7. The number of carbonyl (C=O) groups is 1. The molecule has 3 aromatic rings. The molecule has 0 spiro atoms. The van der Waals surface area contributed by atoms with Gasteiger partial charge in [0, 0.05) is 24.1 Å². The molecule has 0 saturated carbocycles. The van der Waals surface area contributed by atoms with E-state index in [-0.39, 0.29) is 12.2 Å². The summed E-state index contributed by atoms with van der Waals surface area (Å²) in [5.41, 5.74) is 2.04. The van der Waals surface area contributed by atoms with Gasteiger partial charge in [0.05, 0.1) is 16.9 Å². The maximum Gasteiger partial charge on any atom is 0.495 e. The molecule has 0 unspecified atom stereocenters. The minimum absolute atomic E-state index is 0.00167. The Bertz CT molecular complexity index is 1290. The van der Waals surface area contributed by atoms with Crippen LogP contribution in [0, 0.1) is 0 Å². The monoisotopic (exact) mass is 461 g/mol. The number of fused-ring (bicyclic) bond motifs is 1. The lowest BCUT2D eigenvalue weighted by molar-refractivity contribution is -0.142. The molecule has 0 bridgehead atoms. The molecule has 4 rings (SSSR count). The van der Waals surface area contributed by atoms with Crippen molar-refractivity contribution in [3.63, 3.8) is 0 Å². The Morgan fingerprint density at radius 1 is 1.06 bits per heavy atom. The van der Waals surface area contributed by atoms with Crippen molar-refractivity contribution in [2.24, 2.45) is 0 Å². The second-order valence-corrected chi connectivity index (χ2v) is 10.2. The Hall–Kier alpha value is -2.90. The van der Waals surface area contributed by atoms with Gasteiger partial charge in [-0.2, -0.15) is 0 Å². The maximum atomic E-state index is 13.5. The molecule has 6 nitrogen and oxygen atoms in total. The number of ether oxygens (including phenoxy) is 1. The lowest BCUT2D eigenvalue weighted by Crippen LogP contribution is -2.41. The van der Waals surface area contributed by atoms with E-state index in [1.165, 1.54) is 12.5 Å². The predicted octanol–water partition coefficient (Wildman–Crippen LogP) is 4.48. The number of hydrogen-bond acceptors (Lipinski definition) is 5. The van der Waals surface area contributed by atoms with Crippen molar-refractivity contribution in [1.29, 1.82) is 0 Å². The van der Waals surface area contributed by atoms with Crippen LogP contribution in [0.1, 0.15) is 65.5 Å². The third-order valence-corrected chi connectivity index (χ3v) is 6.97. The Balaban J connectivity index is 1.87. The van der Waals surface area contributed by atoms with Crippen LogP contribution in [0.3, 0.4) is 0 Å². The van der Waals surface area contributed by atoms with Gasteiger partial charge in [0.2, 0.25) is 0 Å². The van der Waals surface area contributed by atoms with E-state index in [0.29, 0.717) is 22.6 Å². The number of esters is 1. The summed E-state index contributed by atoms with van der Waals surface area (Å²) in [6.07, 6.45) is 1.77. The third kappa shape index (κ3) is 4.30. The lowest BCUT2D eigenvalue weighted by Gasteiger charge is -2.32. The summed E-state index contributed by atoms with van der Waals surface area (Å²) in [6, 6.07) is 13.5. The second kappa shape index (κ2) is 8.71. The fourth-order valence-corrected chi connectivity index (χ4v) is 4.15. The van der Waals surface area contributed by atoms with Crippen LogP contribution in [-0.2, 0) is 25.4 Å². The quantitative estimate of drug-likeness (QED) is 0.414. The number of rotatable bonds is 5. The van der Waals surface area contributed by atoms with Crippen LogP contribution in [0.5, 0.6) is 0 Å². The lowest BCUT2D eigenvalue weighted by atomic mass is 9.75. The van der Waals surface area contributed by atoms with Crippen molar-refractivity contribution in [3.8, 4) is 5.69 Å². The Kier molecular flexibility index (Phi) is 6.21. The Morgan fingerprint density at radius 3 is 2.35 bits per heavy atom. The van der Waals surface area contributed by atoms with E-state index < -0.39 is 24.3 Å². The SMILES string of the molecule is CC(=O)OCc1c(B2OC(C)(C)C(C)(C)O2)cccc1-n1ccc2cc(C(C)C)ccc2c1=O. The van der Waals surface area contributed by atoms with Crippen molar-refractivity contribution >= 4 is 29.3 Å². The minimum Gasteiger partial charge on any atom is -0.461 e. The molecule has 1 aliphatic heterocycles. The van der Waals surface area contributed by atoms with Gasteiger partial charge in [0.15, 0.2) is 0 Å². The van der Waals surface area contributed by atoms with Crippen LogP contribution in [0.2, 0.25) is 0 Å². The molecule has 1 aliphatic rings. The topological polar surface area (TPSA) is 66.8 Å². The van der Waals surface area contributed by atoms with Crippen LogP contribution in [-0.4, -0.2) is 28.9 Å². The van der Waals surface area contributed by atoms with Gasteiger partial charge < -0.3 is 14.0 Å². The van der Waals surface area contributed by atoms with Crippen molar-refractivity contribution in [2.75, 3.05) is 0 Å². The first kappa shape index (κ1) is 24.2. The molecule has 34 heavy (non-hydrogen) atoms. The van der Waals surface area contributed by atoms with Crippen LogP contribution in [0.4, 0.5) is 0 Å². The summed E-state index contributed by atoms with van der Waals surface area (Å²) < 4.78 is 19.5. The molecule has 2 aromatic carbocycles. The highest BCUT2D eigenvalue weighted by molar-refractivity contribution is 6.62. The van der Waals surface area contributed by atoms with Gasteiger partial charge in [-0.05, 0) is 68.2 Å². The second-order valence-electron chi connectivity index (χ2n) is 10.2. The van der Waals surface area contributed by atoms with Gasteiger partial charge in [0.1, 0.15) is 6.61 Å². The van der Waals surface area contributed by atoms with E-state index in [1.54, 1.807) is 10.8 Å². The van der Waals surface area contributed by atoms with Gasteiger partial charge in [-0.25, -0.2) is 0 Å². The summed E-state index contributed by atoms with van der Waals surface area (Å²) in [5, 5.41) is 1.53. The van der Waals surface area contributed by atoms with E-state index in [0.717, 1.165) is 10.8 Å². The van der Waals surface area contributed by atoms with Crippen molar-refractivity contribution in [2.45, 2.75) is 72.2 Å². The van der Waals surface area contributed by atoms with Crippen LogP contribution in [0.15, 0.2) is 53.5 Å². The summed E-state index contributed by atoms with van der Waals surface area (Å²) in [6.45, 7) is 13.6. The Labute approximate surface area is 201 Å². The molecule has 2 heterocycles. The smallest absolute Gasteiger partial charge is 0.461 e. The van der Waals surface area contributed by atoms with E-state index >= 15 is 0 Å². The van der Waals surface area contributed by atoms with Crippen LogP contribution in [0.25, 0.3) is 16.5 Å². The number of nitrogens with zero attached hydrogens (tertiary/aromatic N) is 1. The molecular weight excluding hydrogens is 429 g/mol. The molecule has 7 heteroatoms. The number of pyridine rings is 1. The molecule has 0 atom stereocenters. The van der Waals surface area contributed by atoms with Crippen molar-refractivity contribution in [3.05, 3.63) is 70.1 Å². The van der Waals surface area contributed by atoms with E-state index in [1.807, 2.05) is 64.1 Å². The van der Waals surface area contributed by atoms with Gasteiger partial charge in [0.25, 0.3) is 5.56 Å². The zero-order valence-electron chi connectivity index (χ0n) is 21.0. The molecule has 1 fully saturated rings. The van der Waals surface area contributed by atoms with Crippen LogP contribution < -0.4 is 11.0 Å². The van der Waals surface area contributed by atoms with Crippen molar-refractivity contribution in [1.82, 2.24) is 4.57 Å². The largest absolute Gasteiger partial charge is 0.495 e. The summed E-state index contributed by atoms with van der Waals surface area (Å²) in [7, 11) is -0.653. The standard InChI is InChI=1S/C27H32BNO5/c1-17(2)19-11-12-21-20(15-19)13-14-29(25(21)31)24-10-8-9-23(22(24)16-32-18(3)30)28-33-26(4,5)27(6,7)34-28/h8-15,17H,16H2,1-7H3. The fraction of sp³-hybridized carbons (Fsp3) is 0.407. The number of benzene rings is 2. The highest BCUT2D eigenvalue weighted by atomic mass is 16.7. The predicted molar refractivity (Wildman–Crippen MR) is 135 cm³/mol. The van der Waals surface area contributed by atoms with Gasteiger partial charge in [-0.1, -0.05) is 38.1 Å². The van der Waals surface area contributed by atoms with E-state index in [2.05, 4.69) is 19.9 Å². The average Bonchev–Trinajstić information content (AvgIpc) is 2.98. The normalized spacial score (nSPS) is 16.9. The zero-order valence-corrected chi connectivity index (χ0v) is 21.0. The summed E-state index contributed by atoms with van der Waals surface area (Å²) in [4.78, 5) is 25.2. The highest BCUT2D eigenvalue weighted by Gasteiger charge is 2.52. The van der Waals surface area contributed by atoms with Gasteiger partial charge in [-0.15, -0.1) is 0 Å². The number of hydrogen-bond donors (Lipinski definition) is 0. The maximum absolute atomic E-state index is 13.5. The molecule has 0 radical (unpaired) electrons. The Morgan fingerprint density at radius 2 is 1.74 bits per heavy atom. The molecule has 0 N–H and O–H groups in total. The zero-order chi connectivity index (χ0) is 24.8. The minimum atomic E-state index is -0.653. The molecule has 0 amide bonds. The summed E-state index contributed by atoms with van der Waals surface area (Å²) in [5.74, 6) is -0.0273. The van der Waals surface area contributed by atoms with Gasteiger partial charge >= 0.3 is 13.1 Å².